The monoisotopic (exact) mass is 324 g/mol. The van der Waals surface area contributed by atoms with Crippen molar-refractivity contribution >= 4 is 31.9 Å². The Morgan fingerprint density at radius 2 is 1.50 bits per heavy atom. The van der Waals surface area contributed by atoms with Crippen LogP contribution in [-0.2, 0) is 0 Å². The van der Waals surface area contributed by atoms with Crippen LogP contribution in [0.4, 0.5) is 0 Å². The fourth-order valence-corrected chi connectivity index (χ4v) is 2.66. The molecule has 1 aromatic carbocycles. The van der Waals surface area contributed by atoms with E-state index < -0.39 is 0 Å². The van der Waals surface area contributed by atoms with Crippen molar-refractivity contribution in [3.63, 3.8) is 0 Å². The van der Waals surface area contributed by atoms with E-state index >= 15 is 0 Å². The number of ether oxygens (including phenoxy) is 3. The summed E-state index contributed by atoms with van der Waals surface area (Å²) in [5.74, 6) is 1.95. The Morgan fingerprint density at radius 3 is 1.93 bits per heavy atom. The van der Waals surface area contributed by atoms with Gasteiger partial charge in [0.05, 0.1) is 25.8 Å². The summed E-state index contributed by atoms with van der Waals surface area (Å²) in [5.41, 5.74) is 0. The van der Waals surface area contributed by atoms with Gasteiger partial charge in [0.15, 0.2) is 17.2 Å². The number of halogens is 2. The largest absolute Gasteiger partial charge is 0.494 e. The Hall–Kier alpha value is -0.420. The second-order valence-electron chi connectivity index (χ2n) is 2.44. The molecule has 0 aliphatic rings. The zero-order chi connectivity index (χ0) is 10.7. The smallest absolute Gasteiger partial charge is 0.178 e. The van der Waals surface area contributed by atoms with Gasteiger partial charge in [0, 0.05) is 6.07 Å². The molecular weight excluding hydrogens is 316 g/mol. The quantitative estimate of drug-likeness (QED) is 0.854. The third kappa shape index (κ3) is 1.98. The summed E-state index contributed by atoms with van der Waals surface area (Å²) >= 11 is 6.76. The van der Waals surface area contributed by atoms with Crippen LogP contribution in [0.2, 0.25) is 0 Å². The van der Waals surface area contributed by atoms with Crippen LogP contribution in [0.5, 0.6) is 17.2 Å². The number of hydrogen-bond donors (Lipinski definition) is 0. The number of benzene rings is 1. The molecule has 1 aromatic rings. The van der Waals surface area contributed by atoms with E-state index in [0.717, 1.165) is 8.95 Å². The fraction of sp³-hybridized carbons (Fsp3) is 0.333. The molecule has 0 radical (unpaired) electrons. The molecule has 1 rings (SSSR count). The Balaban J connectivity index is 3.39. The van der Waals surface area contributed by atoms with Gasteiger partial charge >= 0.3 is 0 Å². The Bertz CT molecular complexity index is 339. The maximum atomic E-state index is 5.19. The standard InChI is InChI=1S/C9H10Br2O3/c1-12-6-4-5(10)8(13-2)7(11)9(6)14-3/h4H,1-3H3. The highest BCUT2D eigenvalue weighted by atomic mass is 79.9. The first-order chi connectivity index (χ1) is 6.65. The molecule has 0 amide bonds. The second kappa shape index (κ2) is 4.89. The maximum absolute atomic E-state index is 5.19. The summed E-state index contributed by atoms with van der Waals surface area (Å²) in [6.07, 6.45) is 0. The lowest BCUT2D eigenvalue weighted by Gasteiger charge is -2.13. The number of methoxy groups -OCH3 is 3. The third-order valence-corrected chi connectivity index (χ3v) is 3.03. The molecule has 0 bridgehead atoms. The Labute approximate surface area is 99.6 Å². The lowest BCUT2D eigenvalue weighted by Crippen LogP contribution is -1.95. The van der Waals surface area contributed by atoms with Gasteiger partial charge in [-0.1, -0.05) is 0 Å². The van der Waals surface area contributed by atoms with Crippen molar-refractivity contribution in [1.82, 2.24) is 0 Å². The van der Waals surface area contributed by atoms with Gasteiger partial charge in [-0.15, -0.1) is 0 Å². The molecule has 0 fully saturated rings. The van der Waals surface area contributed by atoms with Gasteiger partial charge in [0.2, 0.25) is 0 Å². The molecule has 0 spiro atoms. The maximum Gasteiger partial charge on any atom is 0.178 e. The molecule has 0 unspecified atom stereocenters. The topological polar surface area (TPSA) is 27.7 Å². The first-order valence-corrected chi connectivity index (χ1v) is 5.38. The van der Waals surface area contributed by atoms with Crippen molar-refractivity contribution in [2.24, 2.45) is 0 Å². The van der Waals surface area contributed by atoms with Crippen LogP contribution in [0.3, 0.4) is 0 Å². The Morgan fingerprint density at radius 1 is 0.929 bits per heavy atom. The molecule has 5 heteroatoms. The first-order valence-electron chi connectivity index (χ1n) is 3.79. The van der Waals surface area contributed by atoms with E-state index in [1.807, 2.05) is 0 Å². The van der Waals surface area contributed by atoms with Crippen molar-refractivity contribution < 1.29 is 14.2 Å². The van der Waals surface area contributed by atoms with Crippen LogP contribution in [0, 0.1) is 0 Å². The predicted molar refractivity (Wildman–Crippen MR) is 61.5 cm³/mol. The van der Waals surface area contributed by atoms with E-state index in [4.69, 9.17) is 14.2 Å². The minimum Gasteiger partial charge on any atom is -0.494 e. The van der Waals surface area contributed by atoms with Gasteiger partial charge < -0.3 is 14.2 Å². The summed E-state index contributed by atoms with van der Waals surface area (Å²) in [6.45, 7) is 0. The molecule has 0 N–H and O–H groups in total. The molecule has 3 nitrogen and oxygen atoms in total. The van der Waals surface area contributed by atoms with Crippen LogP contribution in [0.25, 0.3) is 0 Å². The number of hydrogen-bond acceptors (Lipinski definition) is 3. The average Bonchev–Trinajstić information content (AvgIpc) is 2.17. The highest BCUT2D eigenvalue weighted by Gasteiger charge is 2.16. The van der Waals surface area contributed by atoms with E-state index in [-0.39, 0.29) is 0 Å². The highest BCUT2D eigenvalue weighted by molar-refractivity contribution is 9.11. The minimum atomic E-state index is 0.618. The van der Waals surface area contributed by atoms with E-state index in [1.165, 1.54) is 0 Å². The van der Waals surface area contributed by atoms with Gasteiger partial charge in [-0.25, -0.2) is 0 Å². The van der Waals surface area contributed by atoms with Crippen LogP contribution in [0.15, 0.2) is 15.0 Å². The fourth-order valence-electron chi connectivity index (χ4n) is 1.09. The molecule has 78 valence electrons. The van der Waals surface area contributed by atoms with Gasteiger partial charge in [0.1, 0.15) is 4.47 Å². The van der Waals surface area contributed by atoms with E-state index in [2.05, 4.69) is 31.9 Å². The summed E-state index contributed by atoms with van der Waals surface area (Å²) in [6, 6.07) is 1.79. The van der Waals surface area contributed by atoms with Crippen molar-refractivity contribution in [3.8, 4) is 17.2 Å². The van der Waals surface area contributed by atoms with Crippen LogP contribution >= 0.6 is 31.9 Å². The summed E-state index contributed by atoms with van der Waals surface area (Å²) in [4.78, 5) is 0. The molecule has 0 aromatic heterocycles. The van der Waals surface area contributed by atoms with E-state index in [0.29, 0.717) is 17.2 Å². The summed E-state index contributed by atoms with van der Waals surface area (Å²) in [7, 11) is 4.76. The van der Waals surface area contributed by atoms with Crippen LogP contribution < -0.4 is 14.2 Å². The summed E-state index contributed by atoms with van der Waals surface area (Å²) in [5, 5.41) is 0. The van der Waals surface area contributed by atoms with Gasteiger partial charge in [0.25, 0.3) is 0 Å². The number of rotatable bonds is 3. The van der Waals surface area contributed by atoms with Crippen molar-refractivity contribution in [2.45, 2.75) is 0 Å². The van der Waals surface area contributed by atoms with Crippen LogP contribution in [-0.4, -0.2) is 21.3 Å². The first kappa shape index (κ1) is 11.7. The van der Waals surface area contributed by atoms with Gasteiger partial charge in [-0.3, -0.25) is 0 Å². The molecule has 14 heavy (non-hydrogen) atoms. The molecular formula is C9H10Br2O3. The molecule has 0 aliphatic heterocycles. The predicted octanol–water partition coefficient (Wildman–Crippen LogP) is 3.24. The lowest BCUT2D eigenvalue weighted by molar-refractivity contribution is 0.345. The molecule has 0 saturated carbocycles. The minimum absolute atomic E-state index is 0.618. The van der Waals surface area contributed by atoms with Crippen molar-refractivity contribution in [3.05, 3.63) is 15.0 Å². The van der Waals surface area contributed by atoms with Gasteiger partial charge in [-0.05, 0) is 31.9 Å². The molecule has 0 atom stereocenters. The highest BCUT2D eigenvalue weighted by Crippen LogP contribution is 2.45. The Kier molecular flexibility index (Phi) is 4.07. The molecule has 0 saturated heterocycles. The van der Waals surface area contributed by atoms with Crippen molar-refractivity contribution in [1.29, 1.82) is 0 Å². The van der Waals surface area contributed by atoms with E-state index in [1.54, 1.807) is 27.4 Å². The summed E-state index contributed by atoms with van der Waals surface area (Å²) < 4.78 is 17.1. The average molecular weight is 326 g/mol. The van der Waals surface area contributed by atoms with Crippen molar-refractivity contribution in [2.75, 3.05) is 21.3 Å². The van der Waals surface area contributed by atoms with Gasteiger partial charge in [-0.2, -0.15) is 0 Å². The van der Waals surface area contributed by atoms with Crippen LogP contribution in [0.1, 0.15) is 0 Å². The molecule has 0 heterocycles. The van der Waals surface area contributed by atoms with E-state index in [9.17, 15) is 0 Å². The SMILES string of the molecule is COc1cc(Br)c(OC)c(Br)c1OC. The second-order valence-corrected chi connectivity index (χ2v) is 4.09. The third-order valence-electron chi connectivity index (χ3n) is 1.73. The normalized spacial score (nSPS) is 9.79. The molecule has 0 aliphatic carbocycles. The zero-order valence-electron chi connectivity index (χ0n) is 8.06. The zero-order valence-corrected chi connectivity index (χ0v) is 11.2. The lowest BCUT2D eigenvalue weighted by atomic mass is 10.3.